The van der Waals surface area contributed by atoms with Crippen molar-refractivity contribution in [1.29, 1.82) is 0 Å². The van der Waals surface area contributed by atoms with Gasteiger partial charge < -0.3 is 5.32 Å². The summed E-state index contributed by atoms with van der Waals surface area (Å²) in [4.78, 5) is 30.6. The molecule has 2 heterocycles. The molecule has 0 spiro atoms. The number of likely N-dealkylation sites (tertiary alicyclic amines) is 1. The van der Waals surface area contributed by atoms with Gasteiger partial charge >= 0.3 is 0 Å². The first-order valence-electron chi connectivity index (χ1n) is 12.7. The Morgan fingerprint density at radius 1 is 0.857 bits per heavy atom. The smallest absolute Gasteiger partial charge is 0.245 e. The Kier molecular flexibility index (Phi) is 7.24. The summed E-state index contributed by atoms with van der Waals surface area (Å²) in [5.41, 5.74) is 2.99. The minimum absolute atomic E-state index is 0.0505. The van der Waals surface area contributed by atoms with Crippen LogP contribution < -0.4 is 10.2 Å². The zero-order chi connectivity index (χ0) is 24.0. The molecule has 3 aromatic carbocycles. The van der Waals surface area contributed by atoms with Gasteiger partial charge in [-0.25, -0.2) is 0 Å². The van der Waals surface area contributed by atoms with Crippen molar-refractivity contribution < 1.29 is 9.59 Å². The number of para-hydroxylation sites is 2. The lowest BCUT2D eigenvalue weighted by Crippen LogP contribution is -2.49. The second kappa shape index (κ2) is 10.9. The molecule has 5 heteroatoms. The van der Waals surface area contributed by atoms with E-state index in [1.807, 2.05) is 71.6 Å². The van der Waals surface area contributed by atoms with E-state index in [1.165, 1.54) is 5.56 Å². The summed E-state index contributed by atoms with van der Waals surface area (Å²) >= 11 is 0. The molecule has 2 aliphatic rings. The fourth-order valence-electron chi connectivity index (χ4n) is 5.68. The van der Waals surface area contributed by atoms with Crippen LogP contribution in [0.4, 0.5) is 11.4 Å². The van der Waals surface area contributed by atoms with Gasteiger partial charge in [-0.05, 0) is 55.5 Å². The van der Waals surface area contributed by atoms with Crippen LogP contribution >= 0.6 is 0 Å². The van der Waals surface area contributed by atoms with E-state index in [2.05, 4.69) is 34.5 Å². The normalized spacial score (nSPS) is 22.5. The lowest BCUT2D eigenvalue weighted by Gasteiger charge is -2.34. The highest BCUT2D eigenvalue weighted by Gasteiger charge is 2.43. The number of nitrogens with zero attached hydrogens (tertiary/aromatic N) is 2. The second-order valence-electron chi connectivity index (χ2n) is 9.64. The summed E-state index contributed by atoms with van der Waals surface area (Å²) in [6, 6.07) is 30.7. The highest BCUT2D eigenvalue weighted by Crippen LogP contribution is 2.33. The molecular formula is C30H33N3O2. The number of benzene rings is 3. The molecule has 0 saturated carbocycles. The summed E-state index contributed by atoms with van der Waals surface area (Å²) in [5, 5.41) is 3.29. The van der Waals surface area contributed by atoms with Gasteiger partial charge in [-0.15, -0.1) is 0 Å². The van der Waals surface area contributed by atoms with E-state index in [0.717, 1.165) is 43.5 Å². The molecule has 5 rings (SSSR count). The average Bonchev–Trinajstić information content (AvgIpc) is 3.17. The van der Waals surface area contributed by atoms with E-state index in [9.17, 15) is 9.59 Å². The van der Waals surface area contributed by atoms with Crippen molar-refractivity contribution in [3.05, 3.63) is 96.6 Å². The highest BCUT2D eigenvalue weighted by atomic mass is 16.2. The lowest BCUT2D eigenvalue weighted by molar-refractivity contribution is -0.122. The van der Waals surface area contributed by atoms with Crippen LogP contribution in [0.15, 0.2) is 91.0 Å². The van der Waals surface area contributed by atoms with E-state index in [1.54, 1.807) is 0 Å². The molecule has 1 N–H and O–H groups in total. The van der Waals surface area contributed by atoms with Crippen molar-refractivity contribution in [3.8, 4) is 0 Å². The van der Waals surface area contributed by atoms with E-state index in [-0.39, 0.29) is 29.9 Å². The van der Waals surface area contributed by atoms with Gasteiger partial charge in [0.05, 0.1) is 6.54 Å². The number of anilines is 2. The number of hydrogen-bond acceptors (Lipinski definition) is 3. The van der Waals surface area contributed by atoms with Crippen LogP contribution in [-0.2, 0) is 16.0 Å². The monoisotopic (exact) mass is 467 g/mol. The Hall–Kier alpha value is -3.44. The zero-order valence-corrected chi connectivity index (χ0v) is 20.1. The van der Waals surface area contributed by atoms with Gasteiger partial charge in [0.25, 0.3) is 0 Å². The number of amides is 2. The molecule has 3 atom stereocenters. The van der Waals surface area contributed by atoms with E-state index >= 15 is 0 Å². The predicted molar refractivity (Wildman–Crippen MR) is 139 cm³/mol. The molecule has 2 saturated heterocycles. The highest BCUT2D eigenvalue weighted by molar-refractivity contribution is 6.01. The number of carbonyl (C=O) groups excluding carboxylic acids is 2. The molecule has 0 radical (unpaired) electrons. The Bertz CT molecular complexity index is 1080. The maximum atomic E-state index is 14.0. The van der Waals surface area contributed by atoms with Crippen LogP contribution in [0.1, 0.15) is 37.7 Å². The number of fused-ring (bicyclic) bond motifs is 1. The van der Waals surface area contributed by atoms with E-state index in [4.69, 9.17) is 0 Å². The summed E-state index contributed by atoms with van der Waals surface area (Å²) in [6.45, 7) is 0.318. The Labute approximate surface area is 207 Å². The van der Waals surface area contributed by atoms with Gasteiger partial charge in [-0.1, -0.05) is 73.2 Å². The van der Waals surface area contributed by atoms with Crippen molar-refractivity contribution in [2.75, 3.05) is 11.4 Å². The molecule has 0 bridgehead atoms. The van der Waals surface area contributed by atoms with E-state index < -0.39 is 0 Å². The van der Waals surface area contributed by atoms with Gasteiger partial charge in [-0.3, -0.25) is 19.4 Å². The van der Waals surface area contributed by atoms with Gasteiger partial charge in [0.1, 0.15) is 0 Å². The molecule has 3 aromatic rings. The molecule has 2 amide bonds. The molecule has 0 unspecified atom stereocenters. The van der Waals surface area contributed by atoms with Crippen LogP contribution in [0.25, 0.3) is 0 Å². The Balaban J connectivity index is 1.45. The van der Waals surface area contributed by atoms with Crippen LogP contribution in [0, 0.1) is 0 Å². The summed E-state index contributed by atoms with van der Waals surface area (Å²) in [7, 11) is 0. The maximum Gasteiger partial charge on any atom is 0.245 e. The van der Waals surface area contributed by atoms with Gasteiger partial charge in [0.15, 0.2) is 0 Å². The summed E-state index contributed by atoms with van der Waals surface area (Å²) in [5.74, 6) is 0.191. The number of carbonyl (C=O) groups is 2. The summed E-state index contributed by atoms with van der Waals surface area (Å²) in [6.07, 6.45) is 5.25. The van der Waals surface area contributed by atoms with Crippen molar-refractivity contribution in [2.24, 2.45) is 0 Å². The minimum atomic E-state index is 0.0505. The largest absolute Gasteiger partial charge is 0.352 e. The van der Waals surface area contributed by atoms with Crippen LogP contribution in [0.5, 0.6) is 0 Å². The summed E-state index contributed by atoms with van der Waals surface area (Å²) < 4.78 is 0. The quantitative estimate of drug-likeness (QED) is 0.549. The fourth-order valence-corrected chi connectivity index (χ4v) is 5.68. The number of rotatable bonds is 6. The molecule has 0 aromatic heterocycles. The van der Waals surface area contributed by atoms with Crippen molar-refractivity contribution in [2.45, 2.75) is 56.7 Å². The molecule has 2 aliphatic heterocycles. The fraction of sp³-hybridized carbons (Fsp3) is 0.333. The van der Waals surface area contributed by atoms with Crippen molar-refractivity contribution >= 4 is 23.2 Å². The molecule has 2 fully saturated rings. The Morgan fingerprint density at radius 3 is 2.09 bits per heavy atom. The lowest BCUT2D eigenvalue weighted by atomic mass is 9.97. The first-order chi connectivity index (χ1) is 17.2. The topological polar surface area (TPSA) is 52.7 Å². The third kappa shape index (κ3) is 5.46. The van der Waals surface area contributed by atoms with Crippen molar-refractivity contribution in [1.82, 2.24) is 10.2 Å². The van der Waals surface area contributed by atoms with Gasteiger partial charge in [-0.2, -0.15) is 0 Å². The van der Waals surface area contributed by atoms with Crippen LogP contribution in [0.2, 0.25) is 0 Å². The van der Waals surface area contributed by atoms with Crippen LogP contribution in [0.3, 0.4) is 0 Å². The molecule has 35 heavy (non-hydrogen) atoms. The molecule has 5 nitrogen and oxygen atoms in total. The number of nitrogens with one attached hydrogen (secondary N) is 1. The maximum absolute atomic E-state index is 14.0. The molecular weight excluding hydrogens is 434 g/mol. The minimum Gasteiger partial charge on any atom is -0.352 e. The van der Waals surface area contributed by atoms with Crippen molar-refractivity contribution in [3.63, 3.8) is 0 Å². The average molecular weight is 468 g/mol. The van der Waals surface area contributed by atoms with Crippen LogP contribution in [-0.4, -0.2) is 41.4 Å². The SMILES string of the molecule is O=C1CCCC[C@H]2[C@@H](C[C@@H](Cc3ccccc3)N2CC(=O)N(c2ccccc2)c2ccccc2)N1. The zero-order valence-electron chi connectivity index (χ0n) is 20.1. The first-order valence-corrected chi connectivity index (χ1v) is 12.7. The number of hydrogen-bond donors (Lipinski definition) is 1. The molecule has 180 valence electrons. The predicted octanol–water partition coefficient (Wildman–Crippen LogP) is 5.10. The second-order valence-corrected chi connectivity index (χ2v) is 9.64. The van der Waals surface area contributed by atoms with Gasteiger partial charge in [0.2, 0.25) is 11.8 Å². The standard InChI is InChI=1S/C30H33N3O2/c34-29-19-11-10-18-28-27(31-29)21-26(20-23-12-4-1-5-13-23)32(28)22-30(35)33(24-14-6-2-7-15-24)25-16-8-3-9-17-25/h1-9,12-17,26-28H,10-11,18-22H2,(H,31,34)/t26-,27-,28+/m1/s1. The first kappa shape index (κ1) is 23.3. The Morgan fingerprint density at radius 2 is 1.46 bits per heavy atom. The van der Waals surface area contributed by atoms with E-state index in [0.29, 0.717) is 13.0 Å². The molecule has 0 aliphatic carbocycles. The van der Waals surface area contributed by atoms with Gasteiger partial charge in [0, 0.05) is 35.9 Å². The third-order valence-corrected chi connectivity index (χ3v) is 7.30. The third-order valence-electron chi connectivity index (χ3n) is 7.30.